The Labute approximate surface area is 437 Å². The van der Waals surface area contributed by atoms with E-state index < -0.39 is 35.1 Å². The van der Waals surface area contributed by atoms with Crippen LogP contribution >= 0.6 is 11.6 Å². The average Bonchev–Trinajstić information content (AvgIpc) is 3.45. The fourth-order valence-electron chi connectivity index (χ4n) is 7.17. The van der Waals surface area contributed by atoms with Crippen molar-refractivity contribution in [2.45, 2.75) is 6.92 Å². The van der Waals surface area contributed by atoms with E-state index in [0.29, 0.717) is 50.5 Å². The molecule has 0 fully saturated rings. The van der Waals surface area contributed by atoms with Crippen LogP contribution in [-0.4, -0.2) is 89.5 Å². The first-order valence-electron chi connectivity index (χ1n) is 22.2. The Balaban J connectivity index is 0.000000154. The van der Waals surface area contributed by atoms with Gasteiger partial charge in [-0.15, -0.1) is 30.7 Å². The van der Waals surface area contributed by atoms with E-state index in [1.165, 1.54) is 54.9 Å². The number of pyridine rings is 6. The summed E-state index contributed by atoms with van der Waals surface area (Å²) in [5.74, 6) is -4.41. The molecule has 0 unspecified atom stereocenters. The van der Waals surface area contributed by atoms with Crippen LogP contribution in [0.5, 0.6) is 17.2 Å². The van der Waals surface area contributed by atoms with E-state index in [9.17, 15) is 39.6 Å². The van der Waals surface area contributed by atoms with Crippen molar-refractivity contribution in [3.8, 4) is 28.4 Å². The highest BCUT2D eigenvalue weighted by molar-refractivity contribution is 6.30. The zero-order chi connectivity index (χ0) is 54.8. The Morgan fingerprint density at radius 2 is 0.974 bits per heavy atom. The molecule has 77 heavy (non-hydrogen) atoms. The van der Waals surface area contributed by atoms with Gasteiger partial charge in [0.25, 0.3) is 0 Å². The number of benzene rings is 4. The molecule has 0 saturated heterocycles. The molecule has 0 aliphatic rings. The summed E-state index contributed by atoms with van der Waals surface area (Å²) in [4.78, 5) is 69.1. The second-order valence-electron chi connectivity index (χ2n) is 15.8. The third kappa shape index (κ3) is 12.2. The molecule has 7 N–H and O–H groups in total. The van der Waals surface area contributed by atoms with E-state index in [0.717, 1.165) is 17.2 Å². The second-order valence-corrected chi connectivity index (χ2v) is 16.2. The highest BCUT2D eigenvalue weighted by Crippen LogP contribution is 2.41. The maximum absolute atomic E-state index is 11.3. The normalized spacial score (nSPS) is 11.1. The van der Waals surface area contributed by atoms with Gasteiger partial charge in [-0.05, 0) is 109 Å². The van der Waals surface area contributed by atoms with Crippen molar-refractivity contribution in [3.63, 3.8) is 0 Å². The topological polar surface area (TPSA) is 361 Å². The number of halogens is 1. The van der Waals surface area contributed by atoms with E-state index in [1.54, 1.807) is 67.7 Å². The number of phenols is 3. The number of hydrogen-bond acceptors (Lipinski definition) is 19. The smallest absolute Gasteiger partial charge is 0.355 e. The number of carboxylic acid groups (broad SMARTS) is 4. The number of carboxylic acids is 4. The molecule has 23 nitrogen and oxygen atoms in total. The number of phenolic OH excluding ortho intramolecular Hbond substituents is 3. The third-order valence-electron chi connectivity index (χ3n) is 10.8. The summed E-state index contributed by atoms with van der Waals surface area (Å²) in [5, 5.41) is 92.2. The summed E-state index contributed by atoms with van der Waals surface area (Å²) in [7, 11) is 0. The minimum atomic E-state index is -1.50. The van der Waals surface area contributed by atoms with Crippen molar-refractivity contribution < 1.29 is 54.9 Å². The number of nitrogens with zero attached hydrogens (tertiary/aromatic N) is 12. The lowest BCUT2D eigenvalue weighted by molar-refractivity contribution is 0.0647. The Hall–Kier alpha value is -11.1. The molecule has 10 rings (SSSR count). The minimum absolute atomic E-state index is 0.0158. The van der Waals surface area contributed by atoms with Gasteiger partial charge in [-0.25, -0.2) is 49.1 Å². The molecule has 0 amide bonds. The molecule has 0 bridgehead atoms. The quantitative estimate of drug-likeness (QED) is 0.0467. The first-order valence-corrected chi connectivity index (χ1v) is 22.6. The fourth-order valence-corrected chi connectivity index (χ4v) is 7.37. The Morgan fingerprint density at radius 3 is 1.47 bits per heavy atom. The monoisotopic (exact) mass is 1050 g/mol. The van der Waals surface area contributed by atoms with Crippen molar-refractivity contribution >= 4 is 103 Å². The number of azo groups is 3. The molecule has 6 aromatic heterocycles. The van der Waals surface area contributed by atoms with Crippen LogP contribution < -0.4 is 0 Å². The van der Waals surface area contributed by atoms with E-state index in [2.05, 4.69) is 60.6 Å². The highest BCUT2D eigenvalue weighted by atomic mass is 35.5. The van der Waals surface area contributed by atoms with E-state index in [-0.39, 0.29) is 55.9 Å². The number of aromatic carboxylic acids is 4. The summed E-state index contributed by atoms with van der Waals surface area (Å²) < 4.78 is 0. The molecule has 0 saturated carbocycles. The number of carbonyl (C=O) groups is 4. The maximum atomic E-state index is 11.3. The van der Waals surface area contributed by atoms with Crippen molar-refractivity contribution in [3.05, 3.63) is 185 Å². The summed E-state index contributed by atoms with van der Waals surface area (Å²) >= 11 is 6.23. The van der Waals surface area contributed by atoms with Gasteiger partial charge >= 0.3 is 23.9 Å². The van der Waals surface area contributed by atoms with Crippen molar-refractivity contribution in [1.82, 2.24) is 29.9 Å². The lowest BCUT2D eigenvalue weighted by atomic mass is 10.00. The molecule has 10 aromatic rings. The summed E-state index contributed by atoms with van der Waals surface area (Å²) in [6, 6.07) is 35.5. The zero-order valence-electron chi connectivity index (χ0n) is 39.4. The SMILES string of the molecule is Cc1nc2c(N=Nc3ccccn3)ccc(O)c2cc1C(=O)O.O=C(O)c1cc2c(O)ccc(N=Nc3ccccn3)c2nc1C(=O)O.O=C(O)c1ccc(N=Nc2ccc(O)c3c(-c4ccccc4)cc(Cl)nc23)nc1. The van der Waals surface area contributed by atoms with Gasteiger partial charge < -0.3 is 35.7 Å². The van der Waals surface area contributed by atoms with Crippen LogP contribution in [0.3, 0.4) is 0 Å². The summed E-state index contributed by atoms with van der Waals surface area (Å²) in [5.41, 5.74) is 2.60. The van der Waals surface area contributed by atoms with Gasteiger partial charge in [-0.2, -0.15) is 0 Å². The summed E-state index contributed by atoms with van der Waals surface area (Å²) in [6.07, 6.45) is 4.34. The van der Waals surface area contributed by atoms with Crippen molar-refractivity contribution in [2.24, 2.45) is 30.7 Å². The van der Waals surface area contributed by atoms with Gasteiger partial charge in [0, 0.05) is 29.4 Å². The molecule has 4 aromatic carbocycles. The van der Waals surface area contributed by atoms with Gasteiger partial charge in [-0.3, -0.25) is 0 Å². The fraction of sp³-hybridized carbons (Fsp3) is 0.0189. The molecular formula is C53H35ClN12O11. The highest BCUT2D eigenvalue weighted by Gasteiger charge is 2.22. The molecule has 24 heteroatoms. The van der Waals surface area contributed by atoms with Crippen LogP contribution in [0.15, 0.2) is 183 Å². The molecule has 0 aliphatic carbocycles. The van der Waals surface area contributed by atoms with Gasteiger partial charge in [0.05, 0.1) is 27.8 Å². The van der Waals surface area contributed by atoms with Crippen LogP contribution in [-0.2, 0) is 0 Å². The zero-order valence-corrected chi connectivity index (χ0v) is 40.2. The number of aryl methyl sites for hydroxylation is 1. The van der Waals surface area contributed by atoms with Crippen LogP contribution in [0.1, 0.15) is 47.3 Å². The maximum Gasteiger partial charge on any atom is 0.355 e. The van der Waals surface area contributed by atoms with Crippen molar-refractivity contribution in [2.75, 3.05) is 0 Å². The first kappa shape index (κ1) is 52.3. The van der Waals surface area contributed by atoms with Gasteiger partial charge in [0.2, 0.25) is 0 Å². The summed E-state index contributed by atoms with van der Waals surface area (Å²) in [6.45, 7) is 1.59. The first-order chi connectivity index (χ1) is 37.1. The molecular weight excluding hydrogens is 1020 g/mol. The number of fused-ring (bicyclic) bond motifs is 3. The Morgan fingerprint density at radius 1 is 0.468 bits per heavy atom. The van der Waals surface area contributed by atoms with E-state index in [1.807, 2.05) is 30.3 Å². The predicted octanol–water partition coefficient (Wildman–Crippen LogP) is 12.7. The van der Waals surface area contributed by atoms with Gasteiger partial charge in [-0.1, -0.05) is 54.1 Å². The predicted molar refractivity (Wildman–Crippen MR) is 278 cm³/mol. The van der Waals surface area contributed by atoms with Gasteiger partial charge in [0.15, 0.2) is 23.1 Å². The lowest BCUT2D eigenvalue weighted by Gasteiger charge is -2.10. The number of aromatic nitrogens is 6. The second kappa shape index (κ2) is 23.2. The number of rotatable bonds is 11. The van der Waals surface area contributed by atoms with Gasteiger partial charge in [0.1, 0.15) is 56.0 Å². The van der Waals surface area contributed by atoms with E-state index in [4.69, 9.17) is 26.9 Å². The van der Waals surface area contributed by atoms with Crippen LogP contribution in [0.25, 0.3) is 43.8 Å². The molecule has 0 spiro atoms. The van der Waals surface area contributed by atoms with Crippen LogP contribution in [0.4, 0.5) is 34.5 Å². The molecule has 0 atom stereocenters. The lowest BCUT2D eigenvalue weighted by Crippen LogP contribution is -2.10. The van der Waals surface area contributed by atoms with Crippen LogP contribution in [0, 0.1) is 6.92 Å². The number of aromatic hydroxyl groups is 3. The largest absolute Gasteiger partial charge is 0.507 e. The standard InChI is InChI=1S/C21H13ClN4O3.C16H10N4O5.C16H12N4O3/c22-17-10-14(12-4-2-1-3-5-12)19-16(27)8-7-15(20(19)24-17)25-26-18-9-6-13(11-23-18)21(28)29;21-11-5-4-10(19-20-12-3-1-2-6-17-12)13-8(11)7-9(15(22)23)14(18-13)16(24)25;1-9-10(16(22)23)8-11-13(21)6-5-12(15(11)18-9)19-20-14-4-2-3-7-17-14/h1-11,27H,(H,28,29);1-7,21H,(H,22,23)(H,24,25);2-8,21H,1H3,(H,22,23). The number of hydrogen-bond donors (Lipinski definition) is 7. The van der Waals surface area contributed by atoms with Crippen molar-refractivity contribution in [1.29, 1.82) is 0 Å². The van der Waals surface area contributed by atoms with Crippen LogP contribution in [0.2, 0.25) is 5.15 Å². The Bertz CT molecular complexity index is 4010. The average molecular weight is 1050 g/mol. The minimum Gasteiger partial charge on any atom is -0.507 e. The molecule has 6 heterocycles. The molecule has 380 valence electrons. The third-order valence-corrected chi connectivity index (χ3v) is 11.0. The molecule has 0 radical (unpaired) electrons. The van der Waals surface area contributed by atoms with E-state index >= 15 is 0 Å². The molecule has 0 aliphatic heterocycles. The Kier molecular flexibility index (Phi) is 15.8.